The third-order valence-corrected chi connectivity index (χ3v) is 3.10. The Balaban J connectivity index is 1.74. The molecule has 0 aliphatic heterocycles. The summed E-state index contributed by atoms with van der Waals surface area (Å²) in [6, 6.07) is 11.5. The van der Waals surface area contributed by atoms with E-state index >= 15 is 0 Å². The second-order valence-electron chi connectivity index (χ2n) is 4.98. The summed E-state index contributed by atoms with van der Waals surface area (Å²) in [6.07, 6.45) is 0. The van der Waals surface area contributed by atoms with Crippen LogP contribution < -0.4 is 15.4 Å². The Morgan fingerprint density at radius 3 is 2.68 bits per heavy atom. The number of halogens is 1. The predicted molar refractivity (Wildman–Crippen MR) is 84.8 cm³/mol. The molecule has 116 valence electrons. The summed E-state index contributed by atoms with van der Waals surface area (Å²) in [5.74, 6) is 0.325. The summed E-state index contributed by atoms with van der Waals surface area (Å²) in [6.45, 7) is 4.66. The summed E-state index contributed by atoms with van der Waals surface area (Å²) in [7, 11) is 0. The van der Waals surface area contributed by atoms with Crippen molar-refractivity contribution in [1.82, 2.24) is 5.32 Å². The van der Waals surface area contributed by atoms with E-state index < -0.39 is 11.8 Å². The normalized spacial score (nSPS) is 10.1. The maximum Gasteiger partial charge on any atom is 0.319 e. The number of amides is 2. The monoisotopic (exact) mass is 302 g/mol. The van der Waals surface area contributed by atoms with E-state index in [9.17, 15) is 9.18 Å². The van der Waals surface area contributed by atoms with Gasteiger partial charge in [0.1, 0.15) is 18.2 Å². The molecule has 0 aliphatic carbocycles. The van der Waals surface area contributed by atoms with Gasteiger partial charge in [-0.25, -0.2) is 9.18 Å². The molecule has 0 spiro atoms. The van der Waals surface area contributed by atoms with E-state index in [0.717, 1.165) is 11.3 Å². The minimum Gasteiger partial charge on any atom is -0.491 e. The molecule has 0 saturated heterocycles. The van der Waals surface area contributed by atoms with E-state index in [-0.39, 0.29) is 5.69 Å². The SMILES string of the molecule is Cc1ccc(OCCNC(=O)Nc2ccccc2F)c(C)c1. The van der Waals surface area contributed by atoms with Crippen molar-refractivity contribution in [2.75, 3.05) is 18.5 Å². The quantitative estimate of drug-likeness (QED) is 0.828. The van der Waals surface area contributed by atoms with Crippen molar-refractivity contribution in [2.24, 2.45) is 0 Å². The van der Waals surface area contributed by atoms with E-state index in [0.29, 0.717) is 13.2 Å². The molecule has 22 heavy (non-hydrogen) atoms. The van der Waals surface area contributed by atoms with Crippen LogP contribution in [0.25, 0.3) is 0 Å². The Morgan fingerprint density at radius 1 is 1.18 bits per heavy atom. The molecule has 0 bridgehead atoms. The minimum atomic E-state index is -0.468. The van der Waals surface area contributed by atoms with Gasteiger partial charge in [-0.1, -0.05) is 29.8 Å². The number of rotatable bonds is 5. The number of hydrogen-bond donors (Lipinski definition) is 2. The van der Waals surface area contributed by atoms with Crippen LogP contribution >= 0.6 is 0 Å². The van der Waals surface area contributed by atoms with Crippen molar-refractivity contribution in [1.29, 1.82) is 0 Å². The summed E-state index contributed by atoms with van der Waals surface area (Å²) in [5, 5.41) is 5.06. The van der Waals surface area contributed by atoms with E-state index in [4.69, 9.17) is 4.74 Å². The molecule has 2 aromatic rings. The number of carbonyl (C=O) groups is 1. The molecule has 0 radical (unpaired) electrons. The fourth-order valence-corrected chi connectivity index (χ4v) is 2.02. The van der Waals surface area contributed by atoms with Crippen LogP contribution in [0.2, 0.25) is 0 Å². The van der Waals surface area contributed by atoms with E-state index in [1.54, 1.807) is 12.1 Å². The van der Waals surface area contributed by atoms with Gasteiger partial charge >= 0.3 is 6.03 Å². The first-order chi connectivity index (χ1) is 10.6. The number of benzene rings is 2. The van der Waals surface area contributed by atoms with Crippen LogP contribution in [0.5, 0.6) is 5.75 Å². The van der Waals surface area contributed by atoms with Crippen LogP contribution in [-0.4, -0.2) is 19.2 Å². The van der Waals surface area contributed by atoms with Gasteiger partial charge in [-0.15, -0.1) is 0 Å². The number of urea groups is 1. The topological polar surface area (TPSA) is 50.4 Å². The Bertz CT molecular complexity index is 659. The summed E-state index contributed by atoms with van der Waals surface area (Å²) < 4.78 is 19.0. The number of carbonyl (C=O) groups excluding carboxylic acids is 1. The first-order valence-electron chi connectivity index (χ1n) is 7.05. The lowest BCUT2D eigenvalue weighted by Crippen LogP contribution is -2.32. The molecule has 0 atom stereocenters. The van der Waals surface area contributed by atoms with Gasteiger partial charge < -0.3 is 15.4 Å². The lowest BCUT2D eigenvalue weighted by atomic mass is 10.1. The van der Waals surface area contributed by atoms with Gasteiger partial charge in [0.15, 0.2) is 0 Å². The molecular weight excluding hydrogens is 283 g/mol. The maximum absolute atomic E-state index is 13.4. The van der Waals surface area contributed by atoms with Crippen LogP contribution in [0, 0.1) is 19.7 Å². The largest absolute Gasteiger partial charge is 0.491 e. The summed E-state index contributed by atoms with van der Waals surface area (Å²) >= 11 is 0. The van der Waals surface area contributed by atoms with E-state index in [1.165, 1.54) is 17.7 Å². The van der Waals surface area contributed by atoms with Crippen molar-refractivity contribution in [3.8, 4) is 5.75 Å². The van der Waals surface area contributed by atoms with Gasteiger partial charge in [0, 0.05) is 0 Å². The first-order valence-corrected chi connectivity index (χ1v) is 7.05. The number of para-hydroxylation sites is 1. The highest BCUT2D eigenvalue weighted by Gasteiger charge is 2.05. The van der Waals surface area contributed by atoms with E-state index in [2.05, 4.69) is 10.6 Å². The van der Waals surface area contributed by atoms with Gasteiger partial charge in [-0.05, 0) is 37.6 Å². The molecular formula is C17H19FN2O2. The van der Waals surface area contributed by atoms with Crippen molar-refractivity contribution >= 4 is 11.7 Å². The lowest BCUT2D eigenvalue weighted by molar-refractivity contribution is 0.247. The molecule has 0 fully saturated rings. The van der Waals surface area contributed by atoms with E-state index in [1.807, 2.05) is 32.0 Å². The number of aryl methyl sites for hydroxylation is 2. The predicted octanol–water partition coefficient (Wildman–Crippen LogP) is 3.64. The average Bonchev–Trinajstić information content (AvgIpc) is 2.48. The average molecular weight is 302 g/mol. The highest BCUT2D eigenvalue weighted by molar-refractivity contribution is 5.89. The second kappa shape index (κ2) is 7.45. The van der Waals surface area contributed by atoms with Crippen LogP contribution in [0.1, 0.15) is 11.1 Å². The molecule has 0 aromatic heterocycles. The van der Waals surface area contributed by atoms with Gasteiger partial charge in [-0.2, -0.15) is 0 Å². The van der Waals surface area contributed by atoms with Crippen molar-refractivity contribution in [2.45, 2.75) is 13.8 Å². The Hall–Kier alpha value is -2.56. The fraction of sp³-hybridized carbons (Fsp3) is 0.235. The molecule has 5 heteroatoms. The zero-order valence-corrected chi connectivity index (χ0v) is 12.7. The van der Waals surface area contributed by atoms with Crippen LogP contribution in [0.15, 0.2) is 42.5 Å². The molecule has 2 aromatic carbocycles. The Kier molecular flexibility index (Phi) is 5.36. The number of ether oxygens (including phenoxy) is 1. The fourth-order valence-electron chi connectivity index (χ4n) is 2.02. The molecule has 0 saturated carbocycles. The standard InChI is InChI=1S/C17H19FN2O2/c1-12-7-8-16(13(2)11-12)22-10-9-19-17(21)20-15-6-4-3-5-14(15)18/h3-8,11H,9-10H2,1-2H3,(H2,19,20,21). The summed E-state index contributed by atoms with van der Waals surface area (Å²) in [4.78, 5) is 11.6. The molecule has 4 nitrogen and oxygen atoms in total. The smallest absolute Gasteiger partial charge is 0.319 e. The second-order valence-corrected chi connectivity index (χ2v) is 4.98. The van der Waals surface area contributed by atoms with Gasteiger partial charge in [0.2, 0.25) is 0 Å². The van der Waals surface area contributed by atoms with Crippen molar-refractivity contribution < 1.29 is 13.9 Å². The molecule has 2 N–H and O–H groups in total. The van der Waals surface area contributed by atoms with Crippen LogP contribution in [0.3, 0.4) is 0 Å². The molecule has 0 heterocycles. The third-order valence-electron chi connectivity index (χ3n) is 3.10. The summed E-state index contributed by atoms with van der Waals surface area (Å²) in [5.41, 5.74) is 2.37. The minimum absolute atomic E-state index is 0.148. The van der Waals surface area contributed by atoms with Crippen LogP contribution in [-0.2, 0) is 0 Å². The molecule has 0 unspecified atom stereocenters. The number of anilines is 1. The van der Waals surface area contributed by atoms with Crippen molar-refractivity contribution in [3.63, 3.8) is 0 Å². The maximum atomic E-state index is 13.4. The number of hydrogen-bond acceptors (Lipinski definition) is 2. The lowest BCUT2D eigenvalue weighted by Gasteiger charge is -2.11. The first kappa shape index (κ1) is 15.8. The Labute approximate surface area is 129 Å². The van der Waals surface area contributed by atoms with Gasteiger partial charge in [0.25, 0.3) is 0 Å². The number of nitrogens with one attached hydrogen (secondary N) is 2. The Morgan fingerprint density at radius 2 is 1.95 bits per heavy atom. The molecule has 0 aliphatic rings. The zero-order valence-electron chi connectivity index (χ0n) is 12.7. The van der Waals surface area contributed by atoms with Gasteiger partial charge in [0.05, 0.1) is 12.2 Å². The van der Waals surface area contributed by atoms with Gasteiger partial charge in [-0.3, -0.25) is 0 Å². The highest BCUT2D eigenvalue weighted by Crippen LogP contribution is 2.18. The van der Waals surface area contributed by atoms with Crippen LogP contribution in [0.4, 0.5) is 14.9 Å². The zero-order chi connectivity index (χ0) is 15.9. The third kappa shape index (κ3) is 4.48. The van der Waals surface area contributed by atoms with Crippen molar-refractivity contribution in [3.05, 3.63) is 59.4 Å². The highest BCUT2D eigenvalue weighted by atomic mass is 19.1. The molecule has 2 amide bonds. The molecule has 2 rings (SSSR count).